The van der Waals surface area contributed by atoms with Gasteiger partial charge in [-0.15, -0.1) is 0 Å². The first-order valence-electron chi connectivity index (χ1n) is 10.0. The highest BCUT2D eigenvalue weighted by Gasteiger charge is 2.25. The van der Waals surface area contributed by atoms with E-state index in [9.17, 15) is 9.90 Å². The van der Waals surface area contributed by atoms with Gasteiger partial charge in [0.1, 0.15) is 11.5 Å². The third-order valence-electron chi connectivity index (χ3n) is 4.90. The number of carbonyl (C=O) groups excluding carboxylic acids is 1. The Labute approximate surface area is 173 Å². The third kappa shape index (κ3) is 5.05. The van der Waals surface area contributed by atoms with E-state index in [1.807, 2.05) is 88.4 Å². The number of ether oxygens (including phenoxy) is 1. The lowest BCUT2D eigenvalue weighted by atomic mass is 9.83. The number of rotatable bonds is 6. The maximum absolute atomic E-state index is 12.4. The maximum atomic E-state index is 12.4. The van der Waals surface area contributed by atoms with Crippen molar-refractivity contribution < 1.29 is 14.6 Å². The van der Waals surface area contributed by atoms with E-state index in [1.54, 1.807) is 6.07 Å². The van der Waals surface area contributed by atoms with Gasteiger partial charge in [0.2, 0.25) is 0 Å². The molecule has 0 heterocycles. The molecule has 0 saturated carbocycles. The van der Waals surface area contributed by atoms with Crippen molar-refractivity contribution in [3.63, 3.8) is 0 Å². The Kier molecular flexibility index (Phi) is 6.38. The zero-order valence-electron chi connectivity index (χ0n) is 17.5. The van der Waals surface area contributed by atoms with Crippen LogP contribution < -0.4 is 4.74 Å². The molecule has 0 aliphatic heterocycles. The van der Waals surface area contributed by atoms with Crippen molar-refractivity contribution >= 4 is 5.97 Å². The first kappa shape index (κ1) is 20.7. The molecule has 1 N–H and O–H groups in total. The van der Waals surface area contributed by atoms with Crippen LogP contribution in [0.5, 0.6) is 11.5 Å². The van der Waals surface area contributed by atoms with E-state index < -0.39 is 0 Å². The van der Waals surface area contributed by atoms with Crippen LogP contribution in [0, 0.1) is 19.8 Å². The third-order valence-corrected chi connectivity index (χ3v) is 4.90. The Morgan fingerprint density at radius 3 is 2.17 bits per heavy atom. The second-order valence-electron chi connectivity index (χ2n) is 8.02. The summed E-state index contributed by atoms with van der Waals surface area (Å²) in [5.41, 5.74) is 4.82. The van der Waals surface area contributed by atoms with Crippen LogP contribution in [-0.4, -0.2) is 11.1 Å². The van der Waals surface area contributed by atoms with Crippen molar-refractivity contribution in [2.45, 2.75) is 40.0 Å². The lowest BCUT2D eigenvalue weighted by Crippen LogP contribution is -2.14. The molecule has 0 aromatic heterocycles. The Balaban J connectivity index is 2.17. The summed E-state index contributed by atoms with van der Waals surface area (Å²) in [5, 5.41) is 10.7. The highest BCUT2D eigenvalue weighted by molar-refractivity contribution is 5.73. The van der Waals surface area contributed by atoms with Gasteiger partial charge in [0.25, 0.3) is 0 Å². The van der Waals surface area contributed by atoms with Crippen LogP contribution in [0.4, 0.5) is 0 Å². The minimum atomic E-state index is -0.252. The Bertz CT molecular complexity index is 990. The van der Waals surface area contributed by atoms with Gasteiger partial charge < -0.3 is 9.84 Å². The van der Waals surface area contributed by atoms with Gasteiger partial charge in [0, 0.05) is 23.5 Å². The average molecular weight is 389 g/mol. The molecule has 1 atom stereocenters. The van der Waals surface area contributed by atoms with Crippen LogP contribution in [0.25, 0.3) is 0 Å². The Morgan fingerprint density at radius 1 is 0.897 bits per heavy atom. The summed E-state index contributed by atoms with van der Waals surface area (Å²) in [5.74, 6) is 0.492. The number of esters is 1. The van der Waals surface area contributed by atoms with E-state index >= 15 is 0 Å². The molecule has 0 radical (unpaired) electrons. The number of aryl methyl sites for hydroxylation is 2. The van der Waals surface area contributed by atoms with Crippen LogP contribution in [0.15, 0.2) is 66.7 Å². The van der Waals surface area contributed by atoms with Gasteiger partial charge in [-0.05, 0) is 37.5 Å². The maximum Gasteiger partial charge on any atom is 0.311 e. The quantitative estimate of drug-likeness (QED) is 0.313. The van der Waals surface area contributed by atoms with Crippen molar-refractivity contribution in [2.75, 3.05) is 0 Å². The van der Waals surface area contributed by atoms with E-state index in [4.69, 9.17) is 4.74 Å². The van der Waals surface area contributed by atoms with Gasteiger partial charge >= 0.3 is 5.97 Å². The molecule has 0 aliphatic carbocycles. The summed E-state index contributed by atoms with van der Waals surface area (Å²) in [4.78, 5) is 12.4. The van der Waals surface area contributed by atoms with Crippen molar-refractivity contribution in [1.29, 1.82) is 0 Å². The fraction of sp³-hybridized carbons (Fsp3) is 0.269. The van der Waals surface area contributed by atoms with Gasteiger partial charge in [-0.2, -0.15) is 0 Å². The normalized spacial score (nSPS) is 12.0. The van der Waals surface area contributed by atoms with Gasteiger partial charge in [0.05, 0.1) is 0 Å². The van der Waals surface area contributed by atoms with Gasteiger partial charge in [-0.3, -0.25) is 4.79 Å². The number of carbonyl (C=O) groups is 1. The van der Waals surface area contributed by atoms with Crippen LogP contribution in [0.3, 0.4) is 0 Å². The first-order chi connectivity index (χ1) is 13.8. The molecule has 3 nitrogen and oxygen atoms in total. The molecule has 150 valence electrons. The van der Waals surface area contributed by atoms with E-state index in [-0.39, 0.29) is 23.6 Å². The van der Waals surface area contributed by atoms with Crippen LogP contribution >= 0.6 is 0 Å². The zero-order chi connectivity index (χ0) is 21.0. The number of phenols is 1. The topological polar surface area (TPSA) is 46.5 Å². The summed E-state index contributed by atoms with van der Waals surface area (Å²) < 4.78 is 5.78. The summed E-state index contributed by atoms with van der Waals surface area (Å²) in [7, 11) is 0. The highest BCUT2D eigenvalue weighted by atomic mass is 16.5. The molecule has 0 fully saturated rings. The summed E-state index contributed by atoms with van der Waals surface area (Å²) in [6.45, 7) is 8.01. The number of aromatic hydroxyl groups is 1. The smallest absolute Gasteiger partial charge is 0.311 e. The number of hydrogen-bond acceptors (Lipinski definition) is 3. The highest BCUT2D eigenvalue weighted by Crippen LogP contribution is 2.41. The lowest BCUT2D eigenvalue weighted by Gasteiger charge is -2.23. The molecular weight excluding hydrogens is 360 g/mol. The largest absolute Gasteiger partial charge is 0.508 e. The minimum Gasteiger partial charge on any atom is -0.508 e. The monoisotopic (exact) mass is 388 g/mol. The van der Waals surface area contributed by atoms with Gasteiger partial charge in [-0.25, -0.2) is 0 Å². The van der Waals surface area contributed by atoms with Crippen LogP contribution in [0.2, 0.25) is 0 Å². The molecular formula is C26H28O3. The average Bonchev–Trinajstić information content (AvgIpc) is 2.67. The van der Waals surface area contributed by atoms with Crippen LogP contribution in [-0.2, 0) is 4.79 Å². The molecule has 0 spiro atoms. The van der Waals surface area contributed by atoms with E-state index in [2.05, 4.69) is 0 Å². The van der Waals surface area contributed by atoms with E-state index in [1.165, 1.54) is 0 Å². The van der Waals surface area contributed by atoms with Crippen molar-refractivity contribution in [3.8, 4) is 11.5 Å². The standard InChI is InChI=1S/C26H28O3/c1-17(2)14-25(28)29-24-13-11-19(4)16-22(24)26(20-8-6-5-7-9-20)21-15-18(3)10-12-23(21)27/h5-13,15-17,26-27H,14H2,1-4H3/t26-/m1/s1. The fourth-order valence-electron chi connectivity index (χ4n) is 3.56. The predicted octanol–water partition coefficient (Wildman–Crippen LogP) is 6.14. The predicted molar refractivity (Wildman–Crippen MR) is 116 cm³/mol. The second-order valence-corrected chi connectivity index (χ2v) is 8.02. The van der Waals surface area contributed by atoms with Crippen LogP contribution in [0.1, 0.15) is 54.0 Å². The SMILES string of the molecule is Cc1ccc(O)c([C@@H](c2ccccc2)c2cc(C)ccc2OC(=O)CC(C)C)c1. The number of phenolic OH excluding ortho intramolecular Hbond substituents is 1. The molecule has 3 rings (SSSR count). The Hall–Kier alpha value is -3.07. The molecule has 0 aliphatic rings. The molecule has 0 amide bonds. The summed E-state index contributed by atoms with van der Waals surface area (Å²) in [6.07, 6.45) is 0.360. The fourth-order valence-corrected chi connectivity index (χ4v) is 3.56. The first-order valence-corrected chi connectivity index (χ1v) is 10.0. The van der Waals surface area contributed by atoms with E-state index in [0.717, 1.165) is 27.8 Å². The minimum absolute atomic E-state index is 0.224. The molecule has 0 bridgehead atoms. The molecule has 3 aromatic carbocycles. The van der Waals surface area contributed by atoms with Gasteiger partial charge in [0.15, 0.2) is 0 Å². The molecule has 0 unspecified atom stereocenters. The van der Waals surface area contributed by atoms with Crippen molar-refractivity contribution in [2.24, 2.45) is 5.92 Å². The summed E-state index contributed by atoms with van der Waals surface area (Å²) in [6, 6.07) is 21.4. The summed E-state index contributed by atoms with van der Waals surface area (Å²) >= 11 is 0. The van der Waals surface area contributed by atoms with Crippen molar-refractivity contribution in [1.82, 2.24) is 0 Å². The second kappa shape index (κ2) is 8.95. The number of hydrogen-bond donors (Lipinski definition) is 1. The van der Waals surface area contributed by atoms with Crippen molar-refractivity contribution in [3.05, 3.63) is 94.5 Å². The lowest BCUT2D eigenvalue weighted by molar-refractivity contribution is -0.135. The van der Waals surface area contributed by atoms with Gasteiger partial charge in [-0.1, -0.05) is 79.6 Å². The molecule has 29 heavy (non-hydrogen) atoms. The number of benzene rings is 3. The Morgan fingerprint density at radius 2 is 1.52 bits per heavy atom. The molecule has 3 heteroatoms. The molecule has 3 aromatic rings. The van der Waals surface area contributed by atoms with E-state index in [0.29, 0.717) is 12.2 Å². The molecule has 0 saturated heterocycles. The zero-order valence-corrected chi connectivity index (χ0v) is 17.5.